The molecule has 1 saturated carbocycles. The molecule has 0 bridgehead atoms. The number of nitrogens with zero attached hydrogens (tertiary/aromatic N) is 4. The van der Waals surface area contributed by atoms with E-state index >= 15 is 4.79 Å². The molecule has 4 atom stereocenters. The van der Waals surface area contributed by atoms with Crippen LogP contribution >= 0.6 is 0 Å². The number of hydrogen-bond acceptors (Lipinski definition) is 9. The Bertz CT molecular complexity index is 1990. The highest BCUT2D eigenvalue weighted by atomic mass is 16.6. The van der Waals surface area contributed by atoms with Crippen molar-refractivity contribution in [1.82, 2.24) is 19.3 Å². The molecule has 3 fully saturated rings. The Kier molecular flexibility index (Phi) is 13.6. The molecule has 1 N–H and O–H groups in total. The molecule has 2 saturated heterocycles. The largest absolute Gasteiger partial charge is 0.492 e. The van der Waals surface area contributed by atoms with Gasteiger partial charge in [0.05, 0.1) is 18.6 Å². The number of rotatable bonds is 17. The van der Waals surface area contributed by atoms with Crippen LogP contribution in [0.3, 0.4) is 0 Å². The number of carbonyl (C=O) groups is 2. The van der Waals surface area contributed by atoms with E-state index in [0.717, 1.165) is 73.2 Å². The van der Waals surface area contributed by atoms with Gasteiger partial charge in [-0.05, 0) is 112 Å². The van der Waals surface area contributed by atoms with Crippen LogP contribution in [0.4, 0.5) is 0 Å². The zero-order valence-corrected chi connectivity index (χ0v) is 35.0. The average molecular weight is 795 g/mol. The van der Waals surface area contributed by atoms with E-state index in [1.807, 2.05) is 37.8 Å². The number of benzene rings is 3. The Morgan fingerprint density at radius 3 is 2.43 bits per heavy atom. The number of para-hydroxylation sites is 1. The molecule has 11 nitrogen and oxygen atoms in total. The van der Waals surface area contributed by atoms with Crippen LogP contribution in [0.2, 0.25) is 0 Å². The Labute approximate surface area is 343 Å². The van der Waals surface area contributed by atoms with E-state index in [0.29, 0.717) is 45.8 Å². The number of aryl methyl sites for hydroxylation is 1. The second-order valence-corrected chi connectivity index (χ2v) is 17.2. The van der Waals surface area contributed by atoms with Gasteiger partial charge >= 0.3 is 5.97 Å². The van der Waals surface area contributed by atoms with Crippen molar-refractivity contribution < 1.29 is 33.6 Å². The van der Waals surface area contributed by atoms with Crippen LogP contribution in [0, 0.1) is 5.92 Å². The lowest BCUT2D eigenvalue weighted by atomic mass is 9.78. The summed E-state index contributed by atoms with van der Waals surface area (Å²) in [4.78, 5) is 33.5. The van der Waals surface area contributed by atoms with Gasteiger partial charge in [-0.1, -0.05) is 54.6 Å². The number of esters is 1. The first-order valence-corrected chi connectivity index (χ1v) is 21.1. The summed E-state index contributed by atoms with van der Waals surface area (Å²) in [6.45, 7) is 10.9. The Balaban J connectivity index is 1.10. The highest BCUT2D eigenvalue weighted by molar-refractivity contribution is 5.86. The van der Waals surface area contributed by atoms with Gasteiger partial charge in [-0.15, -0.1) is 0 Å². The van der Waals surface area contributed by atoms with Gasteiger partial charge in [-0.25, -0.2) is 0 Å². The molecule has 0 spiro atoms. The zero-order valence-electron chi connectivity index (χ0n) is 35.0. The van der Waals surface area contributed by atoms with Crippen molar-refractivity contribution in [3.05, 3.63) is 90.1 Å². The molecule has 312 valence electrons. The molecule has 3 aliphatic rings. The van der Waals surface area contributed by atoms with E-state index in [1.165, 1.54) is 18.0 Å². The zero-order chi connectivity index (χ0) is 40.8. The molecule has 11 heteroatoms. The number of aliphatic hydroxyl groups is 1. The molecule has 3 aromatic carbocycles. The van der Waals surface area contributed by atoms with Gasteiger partial charge in [0.15, 0.2) is 0 Å². The first kappa shape index (κ1) is 41.9. The lowest BCUT2D eigenvalue weighted by Gasteiger charge is -2.42. The van der Waals surface area contributed by atoms with E-state index in [-0.39, 0.29) is 35.8 Å². The minimum absolute atomic E-state index is 0.0378. The Morgan fingerprint density at radius 2 is 1.69 bits per heavy atom. The summed E-state index contributed by atoms with van der Waals surface area (Å²) < 4.78 is 24.8. The molecule has 1 aromatic heterocycles. The minimum atomic E-state index is -1.10. The summed E-state index contributed by atoms with van der Waals surface area (Å²) in [6, 6.07) is 25.2. The standard InChI is InChI=1S/C47H62N4O7/c1-47(2,3)58-46(54)50-25-22-39(35-12-8-11-34(29-35)33-16-20-38(21-17-33)57-28-26-48-23-9-15-43(48)45(53)56-5)41(32-50)44(52)51(37-18-19-37)31-36-30-49(24-10-27-55-4)42-14-7-6-13-40(36)42/h6-8,11-14,16-17,20-21,29-30,37,39,41,43,46,54H,9-10,15,18-19,22-28,31-32H2,1-5H3/t39-,41+,43?,46?/m1/s1. The number of piperidine rings is 1. The summed E-state index contributed by atoms with van der Waals surface area (Å²) in [7, 11) is 3.18. The molecular formula is C47H62N4O7. The molecule has 1 aliphatic carbocycles. The number of methoxy groups -OCH3 is 2. The minimum Gasteiger partial charge on any atom is -0.492 e. The summed E-state index contributed by atoms with van der Waals surface area (Å²) >= 11 is 0. The van der Waals surface area contributed by atoms with Gasteiger partial charge in [0.2, 0.25) is 12.3 Å². The summed E-state index contributed by atoms with van der Waals surface area (Å²) in [5.74, 6) is 0.329. The molecule has 0 radical (unpaired) electrons. The van der Waals surface area contributed by atoms with E-state index in [9.17, 15) is 9.90 Å². The van der Waals surface area contributed by atoms with Gasteiger partial charge < -0.3 is 33.5 Å². The first-order chi connectivity index (χ1) is 28.0. The quantitative estimate of drug-likeness (QED) is 0.0685. The maximum atomic E-state index is 15.1. The number of carbonyl (C=O) groups excluding carboxylic acids is 2. The Hall–Kier alpha value is -4.26. The van der Waals surface area contributed by atoms with Crippen molar-refractivity contribution in [1.29, 1.82) is 0 Å². The van der Waals surface area contributed by atoms with Crippen molar-refractivity contribution in [2.75, 3.05) is 53.6 Å². The van der Waals surface area contributed by atoms with Crippen LogP contribution < -0.4 is 4.74 Å². The maximum absolute atomic E-state index is 15.1. The third-order valence-electron chi connectivity index (χ3n) is 11.9. The molecule has 1 amide bonds. The summed E-state index contributed by atoms with van der Waals surface area (Å²) in [6.07, 6.45) is 6.54. The van der Waals surface area contributed by atoms with Crippen LogP contribution in [0.1, 0.15) is 76.3 Å². The van der Waals surface area contributed by atoms with Gasteiger partial charge in [0, 0.05) is 69.6 Å². The highest BCUT2D eigenvalue weighted by Crippen LogP contribution is 2.40. The highest BCUT2D eigenvalue weighted by Gasteiger charge is 2.43. The SMILES string of the molecule is COCCCn1cc(CN(C(=O)[C@H]2CN(C(O)OC(C)(C)C)CC[C@@H]2c2cccc(-c3ccc(OCCN4CCCC4C(=O)OC)cc3)c2)C2CC2)c2ccccc21. The fourth-order valence-electron chi connectivity index (χ4n) is 8.87. The second-order valence-electron chi connectivity index (χ2n) is 17.2. The van der Waals surface area contributed by atoms with E-state index in [4.69, 9.17) is 18.9 Å². The van der Waals surface area contributed by atoms with Crippen LogP contribution in [-0.2, 0) is 36.9 Å². The summed E-state index contributed by atoms with van der Waals surface area (Å²) in [5.41, 5.74) is 5.06. The fraction of sp³-hybridized carbons (Fsp3) is 0.532. The van der Waals surface area contributed by atoms with E-state index < -0.39 is 12.0 Å². The maximum Gasteiger partial charge on any atom is 0.323 e. The van der Waals surface area contributed by atoms with Crippen molar-refractivity contribution in [3.63, 3.8) is 0 Å². The topological polar surface area (TPSA) is 106 Å². The number of aliphatic hydroxyl groups excluding tert-OH is 1. The third-order valence-corrected chi connectivity index (χ3v) is 11.9. The summed E-state index contributed by atoms with van der Waals surface area (Å²) in [5, 5.41) is 12.5. The molecule has 4 aromatic rings. The molecule has 58 heavy (non-hydrogen) atoms. The molecule has 2 aliphatic heterocycles. The van der Waals surface area contributed by atoms with Crippen LogP contribution in [-0.4, -0.2) is 114 Å². The smallest absolute Gasteiger partial charge is 0.323 e. The number of likely N-dealkylation sites (tertiary alicyclic amines) is 2. The first-order valence-electron chi connectivity index (χ1n) is 21.1. The number of fused-ring (bicyclic) bond motifs is 1. The van der Waals surface area contributed by atoms with Crippen molar-refractivity contribution in [2.45, 2.75) is 102 Å². The number of hydrogen-bond donors (Lipinski definition) is 1. The molecular weight excluding hydrogens is 733 g/mol. The number of amides is 1. The van der Waals surface area contributed by atoms with Gasteiger partial charge in [0.1, 0.15) is 18.4 Å². The monoisotopic (exact) mass is 794 g/mol. The molecule has 3 heterocycles. The lowest BCUT2D eigenvalue weighted by molar-refractivity contribution is -0.245. The van der Waals surface area contributed by atoms with Crippen molar-refractivity contribution in [2.24, 2.45) is 5.92 Å². The number of aromatic nitrogens is 1. The van der Waals surface area contributed by atoms with Crippen molar-refractivity contribution >= 4 is 22.8 Å². The van der Waals surface area contributed by atoms with E-state index in [2.05, 4.69) is 81.2 Å². The van der Waals surface area contributed by atoms with E-state index in [1.54, 1.807) is 7.11 Å². The molecule has 7 rings (SSSR count). The number of ether oxygens (including phenoxy) is 4. The van der Waals surface area contributed by atoms with Crippen LogP contribution in [0.5, 0.6) is 5.75 Å². The van der Waals surface area contributed by atoms with Gasteiger partial charge in [-0.3, -0.25) is 19.4 Å². The van der Waals surface area contributed by atoms with Crippen molar-refractivity contribution in [3.8, 4) is 16.9 Å². The second kappa shape index (κ2) is 18.8. The lowest BCUT2D eigenvalue weighted by Crippen LogP contribution is -2.53. The molecule has 2 unspecified atom stereocenters. The predicted molar refractivity (Wildman–Crippen MR) is 225 cm³/mol. The normalized spacial score (nSPS) is 21.0. The Morgan fingerprint density at radius 1 is 0.897 bits per heavy atom. The van der Waals surface area contributed by atoms with Crippen LogP contribution in [0.15, 0.2) is 79.0 Å². The third kappa shape index (κ3) is 10.1. The van der Waals surface area contributed by atoms with Crippen LogP contribution in [0.25, 0.3) is 22.0 Å². The fourth-order valence-corrected chi connectivity index (χ4v) is 8.87. The van der Waals surface area contributed by atoms with Gasteiger partial charge in [0.25, 0.3) is 0 Å². The van der Waals surface area contributed by atoms with Gasteiger partial charge in [-0.2, -0.15) is 0 Å². The average Bonchev–Trinajstić information content (AvgIpc) is 3.86. The predicted octanol–water partition coefficient (Wildman–Crippen LogP) is 7.05.